The normalized spacial score (nSPS) is 10.8. The molecule has 4 rings (SSSR count). The maximum absolute atomic E-state index is 13.6. The smallest absolute Gasteiger partial charge is 0.262 e. The molecule has 0 unspecified atom stereocenters. The Morgan fingerprint density at radius 3 is 2.31 bits per heavy atom. The van der Waals surface area contributed by atoms with Crippen molar-refractivity contribution >= 4 is 23.2 Å². The maximum Gasteiger partial charge on any atom is 0.262 e. The number of para-hydroxylation sites is 1. The molecule has 238 valence electrons. The summed E-state index contributed by atoms with van der Waals surface area (Å²) in [6, 6.07) is 17.4. The minimum Gasteiger partial charge on any atom is -0.493 e. The van der Waals surface area contributed by atoms with Gasteiger partial charge in [0.25, 0.3) is 5.91 Å². The van der Waals surface area contributed by atoms with Gasteiger partial charge in [0.1, 0.15) is 12.2 Å². The molecule has 0 aliphatic carbocycles. The molecular weight excluding hydrogens is 570 g/mol. The number of amides is 1. The number of benzene rings is 3. The number of hydrogen-bond donors (Lipinski definition) is 3. The van der Waals surface area contributed by atoms with E-state index in [1.54, 1.807) is 20.3 Å². The van der Waals surface area contributed by atoms with Gasteiger partial charge < -0.3 is 34.9 Å². The number of methoxy groups -OCH3 is 2. The lowest BCUT2D eigenvalue weighted by atomic mass is 10.1. The number of hydrogen-bond acceptors (Lipinski definition) is 9. The molecule has 3 aromatic carbocycles. The van der Waals surface area contributed by atoms with Crippen LogP contribution in [0.5, 0.6) is 28.9 Å². The van der Waals surface area contributed by atoms with Gasteiger partial charge in [-0.3, -0.25) is 4.79 Å². The van der Waals surface area contributed by atoms with Crippen LogP contribution in [0.1, 0.15) is 54.2 Å². The number of rotatable bonds is 15. The number of carbonyl (C=O) groups excluding carboxylic acids is 1. The molecule has 4 aromatic rings. The Morgan fingerprint density at radius 1 is 0.911 bits per heavy atom. The molecule has 0 aliphatic rings. The Morgan fingerprint density at radius 2 is 1.62 bits per heavy atom. The average molecular weight is 614 g/mol. The zero-order valence-corrected chi connectivity index (χ0v) is 27.1. The molecule has 1 aromatic heterocycles. The molecule has 0 spiro atoms. The molecule has 3 N–H and O–H groups in total. The molecule has 0 saturated carbocycles. The number of anilines is 3. The molecular formula is C35H43N5O5. The Kier molecular flexibility index (Phi) is 11.6. The van der Waals surface area contributed by atoms with Crippen LogP contribution in [0.15, 0.2) is 60.8 Å². The van der Waals surface area contributed by atoms with Crippen molar-refractivity contribution in [3.05, 3.63) is 83.0 Å². The maximum atomic E-state index is 13.6. The predicted molar refractivity (Wildman–Crippen MR) is 178 cm³/mol. The molecule has 0 aliphatic heterocycles. The van der Waals surface area contributed by atoms with Crippen molar-refractivity contribution in [2.45, 2.75) is 53.5 Å². The molecule has 0 saturated heterocycles. The summed E-state index contributed by atoms with van der Waals surface area (Å²) in [4.78, 5) is 22.7. The highest BCUT2D eigenvalue weighted by Crippen LogP contribution is 2.35. The highest BCUT2D eigenvalue weighted by molar-refractivity contribution is 6.06. The average Bonchev–Trinajstić information content (AvgIpc) is 3.02. The monoisotopic (exact) mass is 613 g/mol. The van der Waals surface area contributed by atoms with E-state index >= 15 is 0 Å². The van der Waals surface area contributed by atoms with E-state index < -0.39 is 5.91 Å². The Bertz CT molecular complexity index is 1590. The first-order chi connectivity index (χ1) is 21.7. The van der Waals surface area contributed by atoms with E-state index in [1.165, 1.54) is 6.20 Å². The summed E-state index contributed by atoms with van der Waals surface area (Å²) in [5.74, 6) is 2.05. The standard InChI is InChI=1S/C35H43N5O5/c1-8-10-25-13-15-29(30(19-25)42-6)45-34-27(33(41)39-32-23(4)11-9-12-24(32)5)21-37-35(40-34)38-26-14-16-28(31(20-26)43-7)44-18-17-36-22(2)3/h9,11-16,19-22,36H,8,10,17-18H2,1-7H3,(H,39,41)(H,37,38,40). The van der Waals surface area contributed by atoms with Crippen molar-refractivity contribution in [2.24, 2.45) is 0 Å². The van der Waals surface area contributed by atoms with Crippen LogP contribution in [0, 0.1) is 13.8 Å². The topological polar surface area (TPSA) is 116 Å². The van der Waals surface area contributed by atoms with Crippen LogP contribution in [0.25, 0.3) is 0 Å². The van der Waals surface area contributed by atoms with Crippen LogP contribution in [-0.2, 0) is 6.42 Å². The van der Waals surface area contributed by atoms with Crippen LogP contribution < -0.4 is 34.9 Å². The molecule has 10 nitrogen and oxygen atoms in total. The summed E-state index contributed by atoms with van der Waals surface area (Å²) < 4.78 is 23.4. The Labute approximate surface area is 265 Å². The van der Waals surface area contributed by atoms with Gasteiger partial charge in [0.2, 0.25) is 11.8 Å². The van der Waals surface area contributed by atoms with E-state index in [2.05, 4.69) is 46.7 Å². The number of ether oxygens (including phenoxy) is 4. The molecule has 0 atom stereocenters. The van der Waals surface area contributed by atoms with Crippen molar-refractivity contribution in [1.82, 2.24) is 15.3 Å². The third-order valence-electron chi connectivity index (χ3n) is 7.02. The minimum atomic E-state index is -0.398. The lowest BCUT2D eigenvalue weighted by Gasteiger charge is -2.16. The Hall–Kier alpha value is -4.83. The summed E-state index contributed by atoms with van der Waals surface area (Å²) in [5.41, 5.74) is 4.56. The molecule has 1 amide bonds. The van der Waals surface area contributed by atoms with Crippen molar-refractivity contribution in [2.75, 3.05) is 38.0 Å². The number of aromatic nitrogens is 2. The highest BCUT2D eigenvalue weighted by Gasteiger charge is 2.21. The van der Waals surface area contributed by atoms with Crippen LogP contribution in [-0.4, -0.2) is 49.3 Å². The highest BCUT2D eigenvalue weighted by atomic mass is 16.5. The molecule has 1 heterocycles. The first-order valence-corrected chi connectivity index (χ1v) is 15.1. The van der Waals surface area contributed by atoms with Gasteiger partial charge in [-0.2, -0.15) is 4.98 Å². The van der Waals surface area contributed by atoms with Crippen molar-refractivity contribution in [1.29, 1.82) is 0 Å². The quantitative estimate of drug-likeness (QED) is 0.119. The third kappa shape index (κ3) is 8.86. The van der Waals surface area contributed by atoms with E-state index in [4.69, 9.17) is 18.9 Å². The van der Waals surface area contributed by atoms with Gasteiger partial charge in [-0.25, -0.2) is 4.98 Å². The largest absolute Gasteiger partial charge is 0.493 e. The first-order valence-electron chi connectivity index (χ1n) is 15.1. The number of carbonyl (C=O) groups is 1. The first kappa shape index (κ1) is 33.1. The third-order valence-corrected chi connectivity index (χ3v) is 7.02. The van der Waals surface area contributed by atoms with Crippen molar-refractivity contribution < 1.29 is 23.7 Å². The summed E-state index contributed by atoms with van der Waals surface area (Å²) in [5, 5.41) is 9.52. The van der Waals surface area contributed by atoms with Gasteiger partial charge in [0.05, 0.1) is 14.2 Å². The van der Waals surface area contributed by atoms with E-state index in [9.17, 15) is 4.79 Å². The fourth-order valence-corrected chi connectivity index (χ4v) is 4.70. The SMILES string of the molecule is CCCc1ccc(Oc2nc(Nc3ccc(OCCNC(C)C)c(OC)c3)ncc2C(=O)Nc2c(C)cccc2C)c(OC)c1. The van der Waals surface area contributed by atoms with Crippen molar-refractivity contribution in [3.8, 4) is 28.9 Å². The summed E-state index contributed by atoms with van der Waals surface area (Å²) >= 11 is 0. The van der Waals surface area contributed by atoms with E-state index in [0.717, 1.165) is 35.2 Å². The zero-order valence-electron chi connectivity index (χ0n) is 27.1. The van der Waals surface area contributed by atoms with Gasteiger partial charge in [-0.1, -0.05) is 51.5 Å². The zero-order chi connectivity index (χ0) is 32.3. The van der Waals surface area contributed by atoms with E-state index in [-0.39, 0.29) is 17.4 Å². The molecule has 0 bridgehead atoms. The van der Waals surface area contributed by atoms with Crippen LogP contribution in [0.4, 0.5) is 17.3 Å². The summed E-state index contributed by atoms with van der Waals surface area (Å²) in [6.45, 7) is 11.4. The number of nitrogens with one attached hydrogen (secondary N) is 3. The van der Waals surface area contributed by atoms with Crippen LogP contribution >= 0.6 is 0 Å². The second kappa shape index (κ2) is 15.8. The van der Waals surface area contributed by atoms with E-state index in [0.29, 0.717) is 47.9 Å². The number of nitrogens with zero attached hydrogens (tertiary/aromatic N) is 2. The fraction of sp³-hybridized carbons (Fsp3) is 0.343. The number of aryl methyl sites for hydroxylation is 3. The van der Waals surface area contributed by atoms with Gasteiger partial charge in [-0.15, -0.1) is 0 Å². The molecule has 0 fully saturated rings. The van der Waals surface area contributed by atoms with Crippen LogP contribution in [0.2, 0.25) is 0 Å². The fourth-order valence-electron chi connectivity index (χ4n) is 4.70. The van der Waals surface area contributed by atoms with Crippen molar-refractivity contribution in [3.63, 3.8) is 0 Å². The van der Waals surface area contributed by atoms with Gasteiger partial charge in [0, 0.05) is 36.2 Å². The van der Waals surface area contributed by atoms with E-state index in [1.807, 2.05) is 62.4 Å². The summed E-state index contributed by atoms with van der Waals surface area (Å²) in [6.07, 6.45) is 3.35. The predicted octanol–water partition coefficient (Wildman–Crippen LogP) is 7.23. The summed E-state index contributed by atoms with van der Waals surface area (Å²) in [7, 11) is 3.17. The lowest BCUT2D eigenvalue weighted by Crippen LogP contribution is -2.27. The molecule has 10 heteroatoms. The lowest BCUT2D eigenvalue weighted by molar-refractivity contribution is 0.102. The second-order valence-corrected chi connectivity index (χ2v) is 10.9. The molecule has 0 radical (unpaired) electrons. The van der Waals surface area contributed by atoms with Crippen LogP contribution in [0.3, 0.4) is 0 Å². The van der Waals surface area contributed by atoms with Gasteiger partial charge in [-0.05, 0) is 61.2 Å². The Balaban J connectivity index is 1.64. The second-order valence-electron chi connectivity index (χ2n) is 10.9. The van der Waals surface area contributed by atoms with Gasteiger partial charge in [0.15, 0.2) is 23.0 Å². The minimum absolute atomic E-state index is 0.0716. The van der Waals surface area contributed by atoms with Gasteiger partial charge >= 0.3 is 0 Å². The molecule has 45 heavy (non-hydrogen) atoms.